The molecule has 0 atom stereocenters. The lowest BCUT2D eigenvalue weighted by Gasteiger charge is -2.24. The largest absolute Gasteiger partial charge is 0.489 e. The first-order valence-electron chi connectivity index (χ1n) is 10.3. The number of halogens is 4. The summed E-state index contributed by atoms with van der Waals surface area (Å²) in [6, 6.07) is 14.5. The van der Waals surface area contributed by atoms with E-state index in [1.807, 2.05) is 26.0 Å². The van der Waals surface area contributed by atoms with Crippen molar-refractivity contribution in [2.45, 2.75) is 26.6 Å². The monoisotopic (exact) mass is 460 g/mol. The number of nitrogens with two attached hydrogens (primary N) is 1. The molecule has 0 unspecified atom stereocenters. The predicted molar refractivity (Wildman–Crippen MR) is 119 cm³/mol. The fraction of sp³-hybridized carbons (Fsp3) is 0.240. The van der Waals surface area contributed by atoms with Gasteiger partial charge >= 0.3 is 6.18 Å². The Balaban J connectivity index is 1.82. The van der Waals surface area contributed by atoms with E-state index in [0.29, 0.717) is 24.1 Å². The SMILES string of the molecule is Cc1cc(C)cc(COc2ccc(N(CCN)C(=O)c3ccc(F)cc3C(F)(F)F)cc2)c1. The zero-order valence-corrected chi connectivity index (χ0v) is 18.2. The number of alkyl halides is 3. The van der Waals surface area contributed by atoms with E-state index >= 15 is 0 Å². The maximum atomic E-state index is 13.4. The number of amides is 1. The molecule has 174 valence electrons. The Morgan fingerprint density at radius 2 is 1.61 bits per heavy atom. The highest BCUT2D eigenvalue weighted by Gasteiger charge is 2.37. The van der Waals surface area contributed by atoms with Gasteiger partial charge in [0.25, 0.3) is 5.91 Å². The lowest BCUT2D eigenvalue weighted by Crippen LogP contribution is -2.36. The Labute approximate surface area is 189 Å². The highest BCUT2D eigenvalue weighted by atomic mass is 19.4. The van der Waals surface area contributed by atoms with E-state index in [1.165, 1.54) is 0 Å². The van der Waals surface area contributed by atoms with Crippen molar-refractivity contribution in [2.75, 3.05) is 18.0 Å². The fourth-order valence-electron chi connectivity index (χ4n) is 3.60. The zero-order valence-electron chi connectivity index (χ0n) is 18.2. The first kappa shape index (κ1) is 24.3. The molecule has 3 rings (SSSR count). The molecule has 0 aromatic heterocycles. The minimum absolute atomic E-state index is 0.0176. The molecule has 8 heteroatoms. The number of aryl methyl sites for hydroxylation is 2. The molecule has 0 radical (unpaired) electrons. The molecule has 0 aliphatic rings. The molecule has 3 aromatic carbocycles. The zero-order chi connectivity index (χ0) is 24.2. The van der Waals surface area contributed by atoms with E-state index in [9.17, 15) is 22.4 Å². The minimum Gasteiger partial charge on any atom is -0.489 e. The van der Waals surface area contributed by atoms with E-state index in [4.69, 9.17) is 10.5 Å². The Bertz CT molecular complexity index is 1110. The first-order chi connectivity index (χ1) is 15.6. The Hall–Kier alpha value is -3.39. The number of benzene rings is 3. The van der Waals surface area contributed by atoms with E-state index in [0.717, 1.165) is 33.7 Å². The van der Waals surface area contributed by atoms with Crippen molar-refractivity contribution in [3.8, 4) is 5.75 Å². The summed E-state index contributed by atoms with van der Waals surface area (Å²) < 4.78 is 59.4. The van der Waals surface area contributed by atoms with E-state index in [2.05, 4.69) is 6.07 Å². The molecule has 0 aliphatic heterocycles. The molecule has 1 amide bonds. The van der Waals surface area contributed by atoms with Crippen LogP contribution in [0.3, 0.4) is 0 Å². The molecule has 0 saturated carbocycles. The van der Waals surface area contributed by atoms with Crippen LogP contribution < -0.4 is 15.4 Å². The Kier molecular flexibility index (Phi) is 7.38. The lowest BCUT2D eigenvalue weighted by molar-refractivity contribution is -0.138. The standard InChI is InChI=1S/C25H24F4N2O2/c1-16-11-17(2)13-18(12-16)15-33-21-6-4-20(5-7-21)31(10-9-30)24(32)22-8-3-19(26)14-23(22)25(27,28)29/h3-8,11-14H,9-10,15,30H2,1-2H3. The molecule has 0 saturated heterocycles. The second kappa shape index (κ2) is 10.0. The van der Waals surface area contributed by atoms with Gasteiger partial charge in [0.15, 0.2) is 0 Å². The maximum absolute atomic E-state index is 13.4. The van der Waals surface area contributed by atoms with Gasteiger partial charge < -0.3 is 15.4 Å². The van der Waals surface area contributed by atoms with Gasteiger partial charge in [-0.15, -0.1) is 0 Å². The quantitative estimate of drug-likeness (QED) is 0.464. The van der Waals surface area contributed by atoms with Crippen molar-refractivity contribution in [3.05, 3.63) is 94.3 Å². The number of carbonyl (C=O) groups is 1. The molecular formula is C25H24F4N2O2. The molecule has 33 heavy (non-hydrogen) atoms. The summed E-state index contributed by atoms with van der Waals surface area (Å²) >= 11 is 0. The number of hydrogen-bond donors (Lipinski definition) is 1. The van der Waals surface area contributed by atoms with Crippen LogP contribution in [0.15, 0.2) is 60.7 Å². The Morgan fingerprint density at radius 3 is 2.18 bits per heavy atom. The van der Waals surface area contributed by atoms with Gasteiger partial charge in [0.1, 0.15) is 18.2 Å². The van der Waals surface area contributed by atoms with Crippen molar-refractivity contribution in [3.63, 3.8) is 0 Å². The van der Waals surface area contributed by atoms with Gasteiger partial charge in [-0.2, -0.15) is 13.2 Å². The van der Waals surface area contributed by atoms with Gasteiger partial charge in [-0.3, -0.25) is 4.79 Å². The number of nitrogens with zero attached hydrogens (tertiary/aromatic N) is 1. The summed E-state index contributed by atoms with van der Waals surface area (Å²) in [5, 5.41) is 0. The van der Waals surface area contributed by atoms with Gasteiger partial charge in [0.05, 0.1) is 11.1 Å². The molecule has 0 bridgehead atoms. The minimum atomic E-state index is -4.88. The van der Waals surface area contributed by atoms with Crippen LogP contribution >= 0.6 is 0 Å². The number of carbonyl (C=O) groups excluding carboxylic acids is 1. The number of anilines is 1. The number of rotatable bonds is 7. The number of ether oxygens (including phenoxy) is 1. The van der Waals surface area contributed by atoms with Crippen LogP contribution in [0.1, 0.15) is 32.6 Å². The van der Waals surface area contributed by atoms with Crippen LogP contribution in [-0.4, -0.2) is 19.0 Å². The highest BCUT2D eigenvalue weighted by Crippen LogP contribution is 2.34. The third-order valence-corrected chi connectivity index (χ3v) is 4.95. The van der Waals surface area contributed by atoms with Crippen LogP contribution in [0.2, 0.25) is 0 Å². The summed E-state index contributed by atoms with van der Waals surface area (Å²) in [5.74, 6) is -1.46. The smallest absolute Gasteiger partial charge is 0.417 e. The molecule has 0 heterocycles. The molecule has 0 aliphatic carbocycles. The summed E-state index contributed by atoms with van der Waals surface area (Å²) in [7, 11) is 0. The topological polar surface area (TPSA) is 55.6 Å². The molecule has 0 fully saturated rings. The third-order valence-electron chi connectivity index (χ3n) is 4.95. The van der Waals surface area contributed by atoms with Crippen LogP contribution in [0.25, 0.3) is 0 Å². The average Bonchev–Trinajstić information content (AvgIpc) is 2.75. The first-order valence-corrected chi connectivity index (χ1v) is 10.3. The van der Waals surface area contributed by atoms with Crippen molar-refractivity contribution >= 4 is 11.6 Å². The third kappa shape index (κ3) is 6.10. The number of hydrogen-bond acceptors (Lipinski definition) is 3. The van der Waals surface area contributed by atoms with Crippen LogP contribution in [0, 0.1) is 19.7 Å². The van der Waals surface area contributed by atoms with Gasteiger partial charge in [0.2, 0.25) is 0 Å². The summed E-state index contributed by atoms with van der Waals surface area (Å²) in [5.41, 5.74) is 7.22. The van der Waals surface area contributed by atoms with Gasteiger partial charge in [-0.25, -0.2) is 4.39 Å². The Morgan fingerprint density at radius 1 is 0.970 bits per heavy atom. The second-order valence-electron chi connectivity index (χ2n) is 7.71. The van der Waals surface area contributed by atoms with Gasteiger partial charge in [-0.1, -0.05) is 29.3 Å². The van der Waals surface area contributed by atoms with E-state index in [1.54, 1.807) is 24.3 Å². The van der Waals surface area contributed by atoms with Crippen molar-refractivity contribution in [1.29, 1.82) is 0 Å². The molecular weight excluding hydrogens is 436 g/mol. The lowest BCUT2D eigenvalue weighted by atomic mass is 10.0. The molecule has 3 aromatic rings. The van der Waals surface area contributed by atoms with E-state index in [-0.39, 0.29) is 13.1 Å². The second-order valence-corrected chi connectivity index (χ2v) is 7.71. The van der Waals surface area contributed by atoms with Crippen LogP contribution in [0.5, 0.6) is 5.75 Å². The highest BCUT2D eigenvalue weighted by molar-refractivity contribution is 6.07. The average molecular weight is 460 g/mol. The molecule has 4 nitrogen and oxygen atoms in total. The summed E-state index contributed by atoms with van der Waals surface area (Å²) in [6.45, 7) is 4.35. The predicted octanol–water partition coefficient (Wildman–Crippen LogP) is 5.65. The molecule has 2 N–H and O–H groups in total. The van der Waals surface area contributed by atoms with Crippen LogP contribution in [-0.2, 0) is 12.8 Å². The van der Waals surface area contributed by atoms with Crippen molar-refractivity contribution in [1.82, 2.24) is 0 Å². The van der Waals surface area contributed by atoms with Gasteiger partial charge in [-0.05, 0) is 61.9 Å². The summed E-state index contributed by atoms with van der Waals surface area (Å²) in [4.78, 5) is 14.1. The van der Waals surface area contributed by atoms with E-state index < -0.39 is 29.0 Å². The maximum Gasteiger partial charge on any atom is 0.417 e. The van der Waals surface area contributed by atoms with Crippen molar-refractivity contribution < 1.29 is 27.1 Å². The van der Waals surface area contributed by atoms with Gasteiger partial charge in [0, 0.05) is 18.8 Å². The normalized spacial score (nSPS) is 11.4. The van der Waals surface area contributed by atoms with Crippen LogP contribution in [0.4, 0.5) is 23.2 Å². The molecule has 0 spiro atoms. The fourth-order valence-corrected chi connectivity index (χ4v) is 3.60. The summed E-state index contributed by atoms with van der Waals surface area (Å²) in [6.07, 6.45) is -4.88. The van der Waals surface area contributed by atoms with Crippen molar-refractivity contribution in [2.24, 2.45) is 5.73 Å².